The second kappa shape index (κ2) is 5.70. The summed E-state index contributed by atoms with van der Waals surface area (Å²) in [6.45, 7) is 3.13. The molecule has 8 heteroatoms. The Morgan fingerprint density at radius 1 is 1.29 bits per heavy atom. The van der Waals surface area contributed by atoms with Gasteiger partial charge in [-0.2, -0.15) is 0 Å². The van der Waals surface area contributed by atoms with E-state index in [1.807, 2.05) is 18.2 Å². The summed E-state index contributed by atoms with van der Waals surface area (Å²) in [5, 5.41) is 11.2. The van der Waals surface area contributed by atoms with Gasteiger partial charge in [0, 0.05) is 0 Å². The Bertz CT molecular complexity index is 733. The number of carbonyl (C=O) groups is 3. The molecule has 128 valence electrons. The topological polar surface area (TPSA) is 104 Å². The van der Waals surface area contributed by atoms with Gasteiger partial charge < -0.3 is 15.3 Å². The van der Waals surface area contributed by atoms with Gasteiger partial charge in [-0.15, -0.1) is 0 Å². The number of hydrogen-bond donors (Lipinski definition) is 2. The van der Waals surface area contributed by atoms with E-state index in [2.05, 4.69) is 5.32 Å². The predicted octanol–water partition coefficient (Wildman–Crippen LogP) is -0.124. The van der Waals surface area contributed by atoms with E-state index in [-0.39, 0.29) is 12.3 Å². The maximum atomic E-state index is 12.6. The molecule has 0 bridgehead atoms. The average Bonchev–Trinajstić information content (AvgIpc) is 2.71. The molecular weight excluding hydrogens is 332 g/mol. The Hall–Kier alpha value is -2.22. The predicted molar refractivity (Wildman–Crippen MR) is 86.4 cm³/mol. The maximum Gasteiger partial charge on any atom is 0.328 e. The first kappa shape index (κ1) is 16.6. The second-order valence-electron chi connectivity index (χ2n) is 6.49. The number of fused-ring (bicyclic) bond motifs is 1. The second-order valence-corrected chi connectivity index (χ2v) is 8.62. The Morgan fingerprint density at radius 2 is 1.92 bits per heavy atom. The Morgan fingerprint density at radius 3 is 2.50 bits per heavy atom. The van der Waals surface area contributed by atoms with Gasteiger partial charge in [0.25, 0.3) is 0 Å². The van der Waals surface area contributed by atoms with Crippen LogP contribution in [-0.2, 0) is 31.6 Å². The van der Waals surface area contributed by atoms with Crippen LogP contribution in [0.2, 0.25) is 0 Å². The summed E-state index contributed by atoms with van der Waals surface area (Å²) in [7, 11) is -1.58. The number of β-lactam (4-membered cyclic amide) rings is 1. The first-order valence-electron chi connectivity index (χ1n) is 7.54. The molecule has 2 unspecified atom stereocenters. The van der Waals surface area contributed by atoms with Crippen molar-refractivity contribution in [1.82, 2.24) is 10.2 Å². The van der Waals surface area contributed by atoms with Gasteiger partial charge in [-0.3, -0.25) is 13.8 Å². The molecule has 0 radical (unpaired) electrons. The van der Waals surface area contributed by atoms with E-state index in [1.54, 1.807) is 26.0 Å². The molecule has 0 aliphatic carbocycles. The molecule has 0 saturated carbocycles. The minimum atomic E-state index is -1.58. The number of rotatable bonds is 4. The number of carboxylic acid groups (broad SMARTS) is 1. The fourth-order valence-corrected chi connectivity index (χ4v) is 5.22. The number of benzene rings is 1. The molecule has 2 amide bonds. The van der Waals surface area contributed by atoms with Crippen molar-refractivity contribution in [2.75, 3.05) is 0 Å². The maximum absolute atomic E-state index is 12.6. The molecule has 2 aliphatic heterocycles. The van der Waals surface area contributed by atoms with Crippen molar-refractivity contribution in [3.8, 4) is 0 Å². The molecule has 2 aliphatic rings. The van der Waals surface area contributed by atoms with E-state index in [0.717, 1.165) is 10.5 Å². The van der Waals surface area contributed by atoms with Crippen molar-refractivity contribution in [1.29, 1.82) is 0 Å². The summed E-state index contributed by atoms with van der Waals surface area (Å²) < 4.78 is 11.5. The van der Waals surface area contributed by atoms with Crippen LogP contribution in [0.15, 0.2) is 30.3 Å². The zero-order chi connectivity index (χ0) is 17.6. The number of carbonyl (C=O) groups excluding carboxylic acids is 2. The van der Waals surface area contributed by atoms with E-state index in [9.17, 15) is 23.7 Å². The molecule has 1 aromatic carbocycles. The van der Waals surface area contributed by atoms with Crippen LogP contribution in [0, 0.1) is 0 Å². The van der Waals surface area contributed by atoms with Crippen LogP contribution >= 0.6 is 0 Å². The van der Waals surface area contributed by atoms with Gasteiger partial charge >= 0.3 is 5.97 Å². The normalized spacial score (nSPS) is 30.4. The zero-order valence-electron chi connectivity index (χ0n) is 13.3. The molecule has 2 heterocycles. The van der Waals surface area contributed by atoms with Crippen molar-refractivity contribution in [2.24, 2.45) is 0 Å². The lowest BCUT2D eigenvalue weighted by Crippen LogP contribution is -2.71. The number of carboxylic acids is 1. The van der Waals surface area contributed by atoms with Crippen LogP contribution in [-0.4, -0.2) is 54.2 Å². The summed E-state index contributed by atoms with van der Waals surface area (Å²) in [5.41, 5.74) is 0.801. The van der Waals surface area contributed by atoms with Gasteiger partial charge in [0.2, 0.25) is 11.8 Å². The van der Waals surface area contributed by atoms with Crippen molar-refractivity contribution >= 4 is 28.6 Å². The average molecular weight is 350 g/mol. The molecule has 24 heavy (non-hydrogen) atoms. The number of hydrogen-bond acceptors (Lipinski definition) is 4. The van der Waals surface area contributed by atoms with E-state index in [4.69, 9.17) is 0 Å². The number of aliphatic carboxylic acids is 1. The molecule has 2 saturated heterocycles. The third kappa shape index (κ3) is 2.41. The van der Waals surface area contributed by atoms with Gasteiger partial charge in [0.1, 0.15) is 17.5 Å². The lowest BCUT2D eigenvalue weighted by Gasteiger charge is -2.43. The quantitative estimate of drug-likeness (QED) is 0.737. The summed E-state index contributed by atoms with van der Waals surface area (Å²) in [6, 6.07) is 6.99. The number of nitrogens with zero attached hydrogens (tertiary/aromatic N) is 1. The smallest absolute Gasteiger partial charge is 0.328 e. The van der Waals surface area contributed by atoms with Crippen LogP contribution in [0.5, 0.6) is 0 Å². The molecule has 3 rings (SSSR count). The molecule has 1 aromatic rings. The Kier molecular flexibility index (Phi) is 3.95. The van der Waals surface area contributed by atoms with Crippen LogP contribution in [0.1, 0.15) is 19.4 Å². The van der Waals surface area contributed by atoms with Crippen molar-refractivity contribution in [3.05, 3.63) is 35.9 Å². The Balaban J connectivity index is 1.74. The molecule has 2 fully saturated rings. The highest BCUT2D eigenvalue weighted by Gasteiger charge is 2.68. The minimum Gasteiger partial charge on any atom is -0.480 e. The standard InChI is InChI=1S/C16H18N2O5S/c1-16(2)12(15(21)22)18-13(20)11(14(18)24(16)23)17-10(19)8-9-6-4-3-5-7-9/h3-7,11-12,14H,8H2,1-2H3,(H,17,19)(H,21,22)/t11?,12-,14+,24?/m0/s1. The summed E-state index contributed by atoms with van der Waals surface area (Å²) in [4.78, 5) is 37.0. The summed E-state index contributed by atoms with van der Waals surface area (Å²) in [6.07, 6.45) is 0.107. The van der Waals surface area contributed by atoms with Crippen molar-refractivity contribution in [2.45, 2.75) is 42.5 Å². The fourth-order valence-electron chi connectivity index (χ4n) is 3.30. The van der Waals surface area contributed by atoms with Crippen LogP contribution < -0.4 is 5.32 Å². The minimum absolute atomic E-state index is 0.107. The largest absolute Gasteiger partial charge is 0.480 e. The van der Waals surface area contributed by atoms with Gasteiger partial charge in [-0.25, -0.2) is 4.79 Å². The van der Waals surface area contributed by atoms with Gasteiger partial charge in [-0.05, 0) is 19.4 Å². The van der Waals surface area contributed by atoms with Gasteiger partial charge in [0.15, 0.2) is 0 Å². The highest BCUT2D eigenvalue weighted by atomic mass is 32.2. The summed E-state index contributed by atoms with van der Waals surface area (Å²) >= 11 is 0. The van der Waals surface area contributed by atoms with Gasteiger partial charge in [0.05, 0.1) is 22.0 Å². The van der Waals surface area contributed by atoms with E-state index < -0.39 is 44.9 Å². The van der Waals surface area contributed by atoms with Crippen LogP contribution in [0.25, 0.3) is 0 Å². The van der Waals surface area contributed by atoms with Crippen molar-refractivity contribution in [3.63, 3.8) is 0 Å². The Labute approximate surface area is 141 Å². The van der Waals surface area contributed by atoms with Gasteiger partial charge in [-0.1, -0.05) is 30.3 Å². The lowest BCUT2D eigenvalue weighted by molar-refractivity contribution is -0.161. The molecule has 2 N–H and O–H groups in total. The highest BCUT2D eigenvalue weighted by molar-refractivity contribution is 7.87. The van der Waals surface area contributed by atoms with E-state index in [0.29, 0.717) is 0 Å². The molecule has 4 atom stereocenters. The first-order chi connectivity index (χ1) is 11.2. The lowest BCUT2D eigenvalue weighted by atomic mass is 9.96. The number of amides is 2. The molecule has 0 aromatic heterocycles. The number of nitrogens with one attached hydrogen (secondary N) is 1. The third-order valence-electron chi connectivity index (χ3n) is 4.51. The molecular formula is C16H18N2O5S. The SMILES string of the molecule is CC1(C)[C@H](C(=O)O)N2C(=O)C(NC(=O)Cc3ccccc3)[C@H]2S1=O. The fraction of sp³-hybridized carbons (Fsp3) is 0.438. The van der Waals surface area contributed by atoms with E-state index in [1.165, 1.54) is 0 Å². The molecule has 0 spiro atoms. The van der Waals surface area contributed by atoms with E-state index >= 15 is 0 Å². The monoisotopic (exact) mass is 350 g/mol. The zero-order valence-corrected chi connectivity index (χ0v) is 14.1. The van der Waals surface area contributed by atoms with Crippen molar-refractivity contribution < 1.29 is 23.7 Å². The summed E-state index contributed by atoms with van der Waals surface area (Å²) in [5.74, 6) is -2.03. The third-order valence-corrected chi connectivity index (χ3v) is 6.71. The first-order valence-corrected chi connectivity index (χ1v) is 8.75. The van der Waals surface area contributed by atoms with Crippen LogP contribution in [0.3, 0.4) is 0 Å². The molecule has 7 nitrogen and oxygen atoms in total. The highest BCUT2D eigenvalue weighted by Crippen LogP contribution is 2.43. The van der Waals surface area contributed by atoms with Crippen LogP contribution in [0.4, 0.5) is 0 Å².